The average Bonchev–Trinajstić information content (AvgIpc) is 3.19. The lowest BCUT2D eigenvalue weighted by molar-refractivity contribution is -0.166. The summed E-state index contributed by atoms with van der Waals surface area (Å²) in [5.74, 6) is -1.09. The molecule has 0 aromatic rings. The third-order valence-corrected chi connectivity index (χ3v) is 8.54. The first-order valence-corrected chi connectivity index (χ1v) is 21.9. The minimum Gasteiger partial charge on any atom is -0.462 e. The molecule has 0 fully saturated rings. The van der Waals surface area contributed by atoms with Crippen molar-refractivity contribution in [2.75, 3.05) is 13.2 Å². The van der Waals surface area contributed by atoms with Gasteiger partial charge in [-0.3, -0.25) is 14.4 Å². The summed E-state index contributed by atoms with van der Waals surface area (Å²) in [5, 5.41) is 0. The lowest BCUT2D eigenvalue weighted by Gasteiger charge is -2.18. The van der Waals surface area contributed by atoms with Crippen LogP contribution in [-0.2, 0) is 28.6 Å². The van der Waals surface area contributed by atoms with Crippen molar-refractivity contribution in [3.63, 3.8) is 0 Å². The van der Waals surface area contributed by atoms with E-state index in [2.05, 4.69) is 118 Å². The van der Waals surface area contributed by atoms with Gasteiger partial charge in [0.25, 0.3) is 0 Å². The van der Waals surface area contributed by atoms with Gasteiger partial charge in [0.2, 0.25) is 0 Å². The molecule has 0 spiro atoms. The molecule has 0 saturated heterocycles. The van der Waals surface area contributed by atoms with Crippen LogP contribution in [0.1, 0.15) is 168 Å². The number of esters is 3. The first-order chi connectivity index (χ1) is 27.5. The predicted molar refractivity (Wildman–Crippen MR) is 237 cm³/mol. The van der Waals surface area contributed by atoms with E-state index in [1.807, 2.05) is 12.2 Å². The van der Waals surface area contributed by atoms with Crippen molar-refractivity contribution in [2.24, 2.45) is 0 Å². The molecule has 56 heavy (non-hydrogen) atoms. The van der Waals surface area contributed by atoms with Crippen molar-refractivity contribution in [1.82, 2.24) is 0 Å². The van der Waals surface area contributed by atoms with E-state index < -0.39 is 12.1 Å². The van der Waals surface area contributed by atoms with E-state index in [1.165, 1.54) is 32.1 Å². The second-order valence-corrected chi connectivity index (χ2v) is 13.8. The van der Waals surface area contributed by atoms with E-state index in [4.69, 9.17) is 14.2 Å². The highest BCUT2D eigenvalue weighted by Gasteiger charge is 2.19. The molecule has 0 aliphatic carbocycles. The van der Waals surface area contributed by atoms with E-state index in [1.54, 1.807) is 0 Å². The van der Waals surface area contributed by atoms with Gasteiger partial charge < -0.3 is 14.2 Å². The number of carbonyl (C=O) groups excluding carboxylic acids is 3. The zero-order valence-electron chi connectivity index (χ0n) is 35.6. The molecule has 0 amide bonds. The molecule has 0 aliphatic heterocycles. The molecular weight excluding hydrogens is 697 g/mol. The maximum absolute atomic E-state index is 12.6. The van der Waals surface area contributed by atoms with Crippen LogP contribution in [-0.4, -0.2) is 37.2 Å². The first kappa shape index (κ1) is 52.1. The van der Waals surface area contributed by atoms with Crippen LogP contribution in [0.15, 0.2) is 109 Å². The van der Waals surface area contributed by atoms with Gasteiger partial charge in [-0.05, 0) is 83.5 Å². The molecule has 314 valence electrons. The zero-order chi connectivity index (χ0) is 40.8. The lowest BCUT2D eigenvalue weighted by Crippen LogP contribution is -2.30. The summed E-state index contributed by atoms with van der Waals surface area (Å²) in [7, 11) is 0. The standard InChI is InChI=1S/C50H78O6/c1-4-7-10-13-16-19-21-23-24-25-26-28-29-31-34-37-40-43-49(52)55-46-47(45-54-48(51)42-39-36-33-18-15-12-9-6-3)56-50(53)44-41-38-35-32-30-27-22-20-17-14-11-8-5-2/h7-8,10-11,16-17,19-20,23-24,26-28,30-31,34-35,38,47H,4-6,9,12-15,18,21-22,25,29,32-33,36-37,39-46H2,1-3H3/b10-7-,11-8-,19-16-,20-17-,24-23-,28-26-,30-27-,34-31-,38-35-. The SMILES string of the molecule is CC/C=C\C/C=C\C/C=C\C/C=C\C/C=C\CCCC(=O)OCC(COC(=O)CCCCCCCCCC)OC(=O)CC/C=C\C/C=C\C/C=C\C/C=C\CC. The van der Waals surface area contributed by atoms with E-state index in [0.717, 1.165) is 83.5 Å². The molecule has 0 heterocycles. The van der Waals surface area contributed by atoms with E-state index in [9.17, 15) is 14.4 Å². The largest absolute Gasteiger partial charge is 0.462 e. The summed E-state index contributed by atoms with van der Waals surface area (Å²) in [6.45, 7) is 6.22. The van der Waals surface area contributed by atoms with Gasteiger partial charge >= 0.3 is 17.9 Å². The van der Waals surface area contributed by atoms with Crippen molar-refractivity contribution in [2.45, 2.75) is 175 Å². The third-order valence-electron chi connectivity index (χ3n) is 8.54. The molecule has 0 N–H and O–H groups in total. The van der Waals surface area contributed by atoms with Gasteiger partial charge in [0.1, 0.15) is 13.2 Å². The second kappa shape index (κ2) is 43.8. The van der Waals surface area contributed by atoms with Crippen LogP contribution in [0, 0.1) is 0 Å². The molecule has 1 atom stereocenters. The molecule has 0 aromatic carbocycles. The van der Waals surface area contributed by atoms with Crippen molar-refractivity contribution in [3.05, 3.63) is 109 Å². The maximum Gasteiger partial charge on any atom is 0.306 e. The molecule has 0 radical (unpaired) electrons. The van der Waals surface area contributed by atoms with E-state index >= 15 is 0 Å². The Hall–Kier alpha value is -3.93. The number of ether oxygens (including phenoxy) is 3. The summed E-state index contributed by atoms with van der Waals surface area (Å²) in [4.78, 5) is 37.6. The fraction of sp³-hybridized carbons (Fsp3) is 0.580. The molecule has 0 aromatic heterocycles. The van der Waals surface area contributed by atoms with Gasteiger partial charge in [-0.15, -0.1) is 0 Å². The fourth-order valence-electron chi connectivity index (χ4n) is 5.31. The van der Waals surface area contributed by atoms with Crippen LogP contribution < -0.4 is 0 Å². The van der Waals surface area contributed by atoms with Crippen molar-refractivity contribution in [3.8, 4) is 0 Å². The number of hydrogen-bond acceptors (Lipinski definition) is 6. The number of hydrogen-bond donors (Lipinski definition) is 0. The summed E-state index contributed by atoms with van der Waals surface area (Å²) >= 11 is 0. The Bertz CT molecular complexity index is 1210. The minimum atomic E-state index is -0.836. The van der Waals surface area contributed by atoms with Gasteiger partial charge in [0, 0.05) is 19.3 Å². The maximum atomic E-state index is 12.6. The van der Waals surface area contributed by atoms with Crippen molar-refractivity contribution >= 4 is 17.9 Å². The van der Waals surface area contributed by atoms with Gasteiger partial charge in [0.05, 0.1) is 0 Å². The lowest BCUT2D eigenvalue weighted by atomic mass is 10.1. The van der Waals surface area contributed by atoms with E-state index in [-0.39, 0.29) is 38.0 Å². The molecule has 0 aliphatic rings. The molecular formula is C50H78O6. The Labute approximate surface area is 342 Å². The number of carbonyl (C=O) groups is 3. The van der Waals surface area contributed by atoms with Gasteiger partial charge in [-0.25, -0.2) is 0 Å². The van der Waals surface area contributed by atoms with Gasteiger partial charge in [-0.2, -0.15) is 0 Å². The summed E-state index contributed by atoms with van der Waals surface area (Å²) in [5.41, 5.74) is 0. The molecule has 6 heteroatoms. The molecule has 6 nitrogen and oxygen atoms in total. The first-order valence-electron chi connectivity index (χ1n) is 21.9. The summed E-state index contributed by atoms with van der Waals surface area (Å²) in [6, 6.07) is 0. The van der Waals surface area contributed by atoms with E-state index in [0.29, 0.717) is 19.3 Å². The normalized spacial score (nSPS) is 13.1. The summed E-state index contributed by atoms with van der Waals surface area (Å²) < 4.78 is 16.5. The Balaban J connectivity index is 4.56. The molecule has 0 saturated carbocycles. The Morgan fingerprint density at radius 3 is 1.16 bits per heavy atom. The predicted octanol–water partition coefficient (Wildman–Crippen LogP) is 14.0. The monoisotopic (exact) mass is 775 g/mol. The third kappa shape index (κ3) is 41.2. The van der Waals surface area contributed by atoms with Crippen LogP contribution in [0.2, 0.25) is 0 Å². The highest BCUT2D eigenvalue weighted by molar-refractivity contribution is 5.71. The van der Waals surface area contributed by atoms with Crippen LogP contribution in [0.25, 0.3) is 0 Å². The molecule has 0 bridgehead atoms. The fourth-order valence-corrected chi connectivity index (χ4v) is 5.31. The Morgan fingerprint density at radius 2 is 0.732 bits per heavy atom. The van der Waals surface area contributed by atoms with Gasteiger partial charge in [0.15, 0.2) is 6.10 Å². The number of rotatable bonds is 37. The highest BCUT2D eigenvalue weighted by Crippen LogP contribution is 2.11. The second-order valence-electron chi connectivity index (χ2n) is 13.8. The van der Waals surface area contributed by atoms with Gasteiger partial charge in [-0.1, -0.05) is 175 Å². The topological polar surface area (TPSA) is 78.9 Å². The van der Waals surface area contributed by atoms with Crippen LogP contribution in [0.5, 0.6) is 0 Å². The quantitative estimate of drug-likeness (QED) is 0.0271. The number of allylic oxidation sites excluding steroid dienone is 18. The summed E-state index contributed by atoms with van der Waals surface area (Å²) in [6.07, 6.45) is 58.1. The van der Waals surface area contributed by atoms with Crippen molar-refractivity contribution in [1.29, 1.82) is 0 Å². The van der Waals surface area contributed by atoms with Crippen LogP contribution in [0.3, 0.4) is 0 Å². The van der Waals surface area contributed by atoms with Crippen molar-refractivity contribution < 1.29 is 28.6 Å². The van der Waals surface area contributed by atoms with Crippen LogP contribution in [0.4, 0.5) is 0 Å². The minimum absolute atomic E-state index is 0.126. The molecule has 1 unspecified atom stereocenters. The van der Waals surface area contributed by atoms with Crippen LogP contribution >= 0.6 is 0 Å². The number of unbranched alkanes of at least 4 members (excludes halogenated alkanes) is 8. The highest BCUT2D eigenvalue weighted by atomic mass is 16.6. The molecule has 0 rings (SSSR count). The average molecular weight is 775 g/mol. The zero-order valence-corrected chi connectivity index (χ0v) is 35.6. The Morgan fingerprint density at radius 1 is 0.375 bits per heavy atom. The Kier molecular flexibility index (Phi) is 40.7. The smallest absolute Gasteiger partial charge is 0.306 e.